The first kappa shape index (κ1) is 15.4. The molecule has 0 fully saturated rings. The quantitative estimate of drug-likeness (QED) is 0.663. The highest BCUT2D eigenvalue weighted by atomic mass is 32.2. The van der Waals surface area contributed by atoms with Crippen molar-refractivity contribution in [1.82, 2.24) is 19.7 Å². The number of thioether (sulfide) groups is 1. The lowest BCUT2D eigenvalue weighted by molar-refractivity contribution is 0.699. The van der Waals surface area contributed by atoms with Crippen LogP contribution in [0.4, 0.5) is 0 Å². The van der Waals surface area contributed by atoms with E-state index in [9.17, 15) is 0 Å². The number of hydrogen-bond donors (Lipinski definition) is 0. The first-order chi connectivity index (χ1) is 11.8. The number of fused-ring (bicyclic) bond motifs is 1. The minimum absolute atomic E-state index is 0.447. The minimum atomic E-state index is 0.447. The summed E-state index contributed by atoms with van der Waals surface area (Å²) in [5, 5.41) is 10.2. The molecule has 3 aromatic rings. The van der Waals surface area contributed by atoms with Crippen LogP contribution in [0.3, 0.4) is 0 Å². The standard InChI is InChI=1S/C19H20N4S/c1-23-18(16-11-6-7-13-20-16)21-22-19(23)24-17-12-5-3-9-14-8-2-4-10-15(14)17/h2,4,6-8,10-11,13,17H,3,5,9,12H2,1H3/t17-/m0/s1. The van der Waals surface area contributed by atoms with Gasteiger partial charge in [-0.1, -0.05) is 48.5 Å². The van der Waals surface area contributed by atoms with Crippen molar-refractivity contribution in [2.45, 2.75) is 36.1 Å². The van der Waals surface area contributed by atoms with Gasteiger partial charge in [-0.15, -0.1) is 10.2 Å². The lowest BCUT2D eigenvalue weighted by Crippen LogP contribution is -2.00. The van der Waals surface area contributed by atoms with Crippen molar-refractivity contribution >= 4 is 11.8 Å². The molecule has 2 heterocycles. The van der Waals surface area contributed by atoms with Crippen molar-refractivity contribution in [2.24, 2.45) is 7.05 Å². The molecule has 1 atom stereocenters. The fraction of sp³-hybridized carbons (Fsp3) is 0.316. The Labute approximate surface area is 146 Å². The molecule has 5 heteroatoms. The SMILES string of the molecule is Cn1c(S[C@H]2CCCCc3ccccc32)nnc1-c1ccccn1. The number of nitrogens with zero attached hydrogens (tertiary/aromatic N) is 4. The molecular weight excluding hydrogens is 316 g/mol. The molecule has 2 aromatic heterocycles. The average Bonchev–Trinajstić information content (AvgIpc) is 2.86. The summed E-state index contributed by atoms with van der Waals surface area (Å²) in [6.07, 6.45) is 6.69. The van der Waals surface area contributed by atoms with Gasteiger partial charge in [-0.3, -0.25) is 4.98 Å². The molecular formula is C19H20N4S. The number of hydrogen-bond acceptors (Lipinski definition) is 4. The van der Waals surface area contributed by atoms with Gasteiger partial charge in [-0.2, -0.15) is 0 Å². The van der Waals surface area contributed by atoms with Gasteiger partial charge in [0.25, 0.3) is 0 Å². The average molecular weight is 336 g/mol. The highest BCUT2D eigenvalue weighted by Gasteiger charge is 2.22. The van der Waals surface area contributed by atoms with E-state index in [-0.39, 0.29) is 0 Å². The summed E-state index contributed by atoms with van der Waals surface area (Å²) in [7, 11) is 2.02. The van der Waals surface area contributed by atoms with E-state index in [1.165, 1.54) is 36.8 Å². The topological polar surface area (TPSA) is 43.6 Å². The fourth-order valence-corrected chi connectivity index (χ4v) is 4.49. The Hall–Kier alpha value is -2.14. The summed E-state index contributed by atoms with van der Waals surface area (Å²) in [4.78, 5) is 4.39. The molecule has 0 radical (unpaired) electrons. The Morgan fingerprint density at radius 1 is 1.04 bits per heavy atom. The van der Waals surface area contributed by atoms with Crippen LogP contribution in [-0.2, 0) is 13.5 Å². The summed E-state index contributed by atoms with van der Waals surface area (Å²) in [6.45, 7) is 0. The molecule has 0 bridgehead atoms. The molecule has 0 unspecified atom stereocenters. The number of aryl methyl sites for hydroxylation is 1. The van der Waals surface area contributed by atoms with Crippen molar-refractivity contribution in [2.75, 3.05) is 0 Å². The number of rotatable bonds is 3. The largest absolute Gasteiger partial charge is 0.304 e. The van der Waals surface area contributed by atoms with E-state index < -0.39 is 0 Å². The van der Waals surface area contributed by atoms with Gasteiger partial charge in [-0.05, 0) is 42.5 Å². The monoisotopic (exact) mass is 336 g/mol. The molecule has 4 rings (SSSR count). The van der Waals surface area contributed by atoms with Gasteiger partial charge in [0.05, 0.1) is 0 Å². The normalized spacial score (nSPS) is 17.3. The van der Waals surface area contributed by atoms with E-state index in [2.05, 4.69) is 44.0 Å². The van der Waals surface area contributed by atoms with Gasteiger partial charge in [-0.25, -0.2) is 0 Å². The van der Waals surface area contributed by atoms with E-state index in [0.29, 0.717) is 5.25 Å². The van der Waals surface area contributed by atoms with Gasteiger partial charge >= 0.3 is 0 Å². The number of benzene rings is 1. The van der Waals surface area contributed by atoms with Gasteiger partial charge in [0.2, 0.25) is 0 Å². The van der Waals surface area contributed by atoms with Crippen LogP contribution < -0.4 is 0 Å². The van der Waals surface area contributed by atoms with Crippen LogP contribution >= 0.6 is 11.8 Å². The van der Waals surface area contributed by atoms with Crippen LogP contribution in [0.2, 0.25) is 0 Å². The second kappa shape index (κ2) is 6.77. The van der Waals surface area contributed by atoms with Crippen LogP contribution in [0, 0.1) is 0 Å². The van der Waals surface area contributed by atoms with Crippen molar-refractivity contribution in [3.8, 4) is 11.5 Å². The third-order valence-electron chi connectivity index (χ3n) is 4.54. The Morgan fingerprint density at radius 3 is 2.79 bits per heavy atom. The maximum atomic E-state index is 4.43. The van der Waals surface area contributed by atoms with Crippen molar-refractivity contribution in [3.63, 3.8) is 0 Å². The van der Waals surface area contributed by atoms with Crippen molar-refractivity contribution in [1.29, 1.82) is 0 Å². The third kappa shape index (κ3) is 2.96. The van der Waals surface area contributed by atoms with Crippen LogP contribution in [0.5, 0.6) is 0 Å². The lowest BCUT2D eigenvalue weighted by atomic mass is 10.0. The van der Waals surface area contributed by atoms with Crippen molar-refractivity contribution < 1.29 is 0 Å². The second-order valence-corrected chi connectivity index (χ2v) is 7.30. The van der Waals surface area contributed by atoms with E-state index in [4.69, 9.17) is 0 Å². The summed E-state index contributed by atoms with van der Waals surface area (Å²) in [6, 6.07) is 14.7. The predicted molar refractivity (Wildman–Crippen MR) is 96.8 cm³/mol. The van der Waals surface area contributed by atoms with Crippen LogP contribution in [-0.4, -0.2) is 19.7 Å². The highest BCUT2D eigenvalue weighted by molar-refractivity contribution is 7.99. The number of pyridine rings is 1. The summed E-state index contributed by atoms with van der Waals surface area (Å²) in [5.41, 5.74) is 3.81. The van der Waals surface area contributed by atoms with E-state index in [1.54, 1.807) is 6.20 Å². The van der Waals surface area contributed by atoms with Gasteiger partial charge in [0.15, 0.2) is 11.0 Å². The van der Waals surface area contributed by atoms with Gasteiger partial charge in [0.1, 0.15) is 5.69 Å². The van der Waals surface area contributed by atoms with Crippen LogP contribution in [0.25, 0.3) is 11.5 Å². The Kier molecular flexibility index (Phi) is 4.34. The fourth-order valence-electron chi connectivity index (χ4n) is 3.26. The predicted octanol–water partition coefficient (Wildman–Crippen LogP) is 4.44. The minimum Gasteiger partial charge on any atom is -0.304 e. The first-order valence-corrected chi connectivity index (χ1v) is 9.26. The second-order valence-electron chi connectivity index (χ2n) is 6.13. The molecule has 0 aliphatic heterocycles. The van der Waals surface area contributed by atoms with E-state index in [1.807, 2.05) is 37.0 Å². The summed E-state index contributed by atoms with van der Waals surface area (Å²) in [5.74, 6) is 0.819. The molecule has 122 valence electrons. The molecule has 4 nitrogen and oxygen atoms in total. The zero-order chi connectivity index (χ0) is 16.4. The molecule has 0 N–H and O–H groups in total. The van der Waals surface area contributed by atoms with E-state index in [0.717, 1.165) is 16.7 Å². The zero-order valence-electron chi connectivity index (χ0n) is 13.7. The van der Waals surface area contributed by atoms with Crippen molar-refractivity contribution in [3.05, 3.63) is 59.8 Å². The van der Waals surface area contributed by atoms with Gasteiger partial charge in [0, 0.05) is 18.5 Å². The molecule has 1 aliphatic rings. The Bertz CT molecular complexity index is 828. The molecule has 1 aromatic carbocycles. The molecule has 24 heavy (non-hydrogen) atoms. The van der Waals surface area contributed by atoms with E-state index >= 15 is 0 Å². The summed E-state index contributed by atoms with van der Waals surface area (Å²) < 4.78 is 2.06. The number of aromatic nitrogens is 4. The Morgan fingerprint density at radius 2 is 1.92 bits per heavy atom. The molecule has 0 spiro atoms. The first-order valence-electron chi connectivity index (χ1n) is 8.38. The lowest BCUT2D eigenvalue weighted by Gasteiger charge is -2.16. The molecule has 0 saturated heterocycles. The maximum absolute atomic E-state index is 4.43. The Balaban J connectivity index is 1.64. The summed E-state index contributed by atoms with van der Waals surface area (Å²) >= 11 is 1.82. The van der Waals surface area contributed by atoms with Crippen LogP contribution in [0.15, 0.2) is 53.8 Å². The molecule has 0 amide bonds. The van der Waals surface area contributed by atoms with Crippen LogP contribution in [0.1, 0.15) is 35.6 Å². The molecule has 1 aliphatic carbocycles. The maximum Gasteiger partial charge on any atom is 0.191 e. The zero-order valence-corrected chi connectivity index (χ0v) is 14.5. The smallest absolute Gasteiger partial charge is 0.191 e. The molecule has 0 saturated carbocycles. The third-order valence-corrected chi connectivity index (χ3v) is 5.88. The van der Waals surface area contributed by atoms with Gasteiger partial charge < -0.3 is 4.57 Å². The highest BCUT2D eigenvalue weighted by Crippen LogP contribution is 2.42.